The average Bonchev–Trinajstić information content (AvgIpc) is 2.73. The lowest BCUT2D eigenvalue weighted by molar-refractivity contribution is -0.140. The van der Waals surface area contributed by atoms with Crippen LogP contribution >= 0.6 is 0 Å². The van der Waals surface area contributed by atoms with E-state index in [0.29, 0.717) is 36.3 Å². The number of hydrogen-bond acceptors (Lipinski definition) is 4. The van der Waals surface area contributed by atoms with Crippen LogP contribution < -0.4 is 4.74 Å². The zero-order valence-corrected chi connectivity index (χ0v) is 17.7. The molecule has 0 radical (unpaired) electrons. The highest BCUT2D eigenvalue weighted by atomic mass is 32.2. The van der Waals surface area contributed by atoms with E-state index in [9.17, 15) is 26.0 Å². The summed E-state index contributed by atoms with van der Waals surface area (Å²) in [6.07, 6.45) is -1.25. The fraction of sp³-hybridized carbons (Fsp3) is 0.409. The predicted octanol–water partition coefficient (Wildman–Crippen LogP) is 4.87. The maximum atomic E-state index is 13.8. The first-order chi connectivity index (χ1) is 15.1. The number of piperidine rings is 2. The lowest BCUT2D eigenvalue weighted by Gasteiger charge is -2.55. The molecule has 3 fully saturated rings. The molecule has 0 atom stereocenters. The first-order valence-corrected chi connectivity index (χ1v) is 11.9. The number of ether oxygens (including phenoxy) is 1. The van der Waals surface area contributed by atoms with E-state index in [-0.39, 0.29) is 11.5 Å². The number of rotatable bonds is 3. The second-order valence-corrected chi connectivity index (χ2v) is 10.2. The Morgan fingerprint density at radius 2 is 1.69 bits per heavy atom. The van der Waals surface area contributed by atoms with E-state index in [1.165, 1.54) is 0 Å². The summed E-state index contributed by atoms with van der Waals surface area (Å²) in [5, 5.41) is 0. The zero-order valence-electron chi connectivity index (χ0n) is 16.9. The van der Waals surface area contributed by atoms with Crippen LogP contribution in [-0.2, 0) is 21.6 Å². The van der Waals surface area contributed by atoms with Gasteiger partial charge in [-0.1, -0.05) is 12.1 Å². The Labute approximate surface area is 182 Å². The van der Waals surface area contributed by atoms with Crippen LogP contribution in [0.4, 0.5) is 17.6 Å². The molecule has 6 rings (SSSR count). The van der Waals surface area contributed by atoms with E-state index in [2.05, 4.69) is 9.30 Å². The number of benzene rings is 2. The number of alkyl halides is 3. The second-order valence-electron chi connectivity index (χ2n) is 8.47. The topological polar surface area (TPSA) is 59.0 Å². The maximum absolute atomic E-state index is 13.8. The Hall–Kier alpha value is -2.62. The van der Waals surface area contributed by atoms with Gasteiger partial charge in [-0.05, 0) is 55.5 Å². The van der Waals surface area contributed by atoms with Gasteiger partial charge in [0.05, 0.1) is 16.7 Å². The molecular weight excluding hydrogens is 448 g/mol. The summed E-state index contributed by atoms with van der Waals surface area (Å²) in [4.78, 5) is 2.13. The maximum Gasteiger partial charge on any atom is 0.419 e. The Bertz CT molecular complexity index is 1180. The summed E-state index contributed by atoms with van der Waals surface area (Å²) < 4.78 is 86.1. The number of fused-ring (bicyclic) bond motifs is 2. The van der Waals surface area contributed by atoms with Gasteiger partial charge in [-0.2, -0.15) is 13.2 Å². The molecule has 3 heterocycles. The third-order valence-electron chi connectivity index (χ3n) is 6.65. The van der Waals surface area contributed by atoms with Crippen molar-refractivity contribution in [2.75, 3.05) is 12.3 Å². The van der Waals surface area contributed by atoms with Crippen molar-refractivity contribution in [3.05, 3.63) is 59.4 Å². The van der Waals surface area contributed by atoms with Gasteiger partial charge in [0.15, 0.2) is 0 Å². The van der Waals surface area contributed by atoms with E-state index in [1.807, 2.05) is 12.1 Å². The van der Waals surface area contributed by atoms with Gasteiger partial charge in [0.25, 0.3) is 10.0 Å². The molecule has 0 aromatic heterocycles. The van der Waals surface area contributed by atoms with Crippen molar-refractivity contribution in [3.8, 4) is 11.5 Å². The fourth-order valence-electron chi connectivity index (χ4n) is 5.08. The van der Waals surface area contributed by atoms with Crippen molar-refractivity contribution in [1.29, 1.82) is 0 Å². The van der Waals surface area contributed by atoms with Gasteiger partial charge in [-0.3, -0.25) is 0 Å². The summed E-state index contributed by atoms with van der Waals surface area (Å²) in [5.74, 6) is -0.470. The molecule has 2 bridgehead atoms. The van der Waals surface area contributed by atoms with Gasteiger partial charge in [0.1, 0.15) is 23.2 Å². The monoisotopic (exact) mass is 468 g/mol. The molecule has 170 valence electrons. The van der Waals surface area contributed by atoms with Crippen molar-refractivity contribution in [2.45, 2.75) is 43.3 Å². The normalized spacial score (nSPS) is 26.4. The number of halogens is 4. The highest BCUT2D eigenvalue weighted by Crippen LogP contribution is 2.49. The minimum atomic E-state index is -4.77. The van der Waals surface area contributed by atoms with E-state index in [1.54, 1.807) is 12.1 Å². The number of sulfonamides is 1. The molecule has 10 heteroatoms. The van der Waals surface area contributed by atoms with Crippen molar-refractivity contribution in [1.82, 2.24) is 4.90 Å². The molecule has 0 spiro atoms. The van der Waals surface area contributed by atoms with Crippen LogP contribution in [0, 0.1) is 5.82 Å². The molecule has 2 saturated heterocycles. The van der Waals surface area contributed by atoms with E-state index in [0.717, 1.165) is 37.3 Å². The lowest BCUT2D eigenvalue weighted by atomic mass is 9.63. The SMILES string of the molecule is O=S1(=O)CCN2C(=N1)C1(c3ccc(Oc4ccc(C(F)(F)F)c(F)c4)cc3)CCC2CC1. The molecule has 2 aromatic rings. The largest absolute Gasteiger partial charge is 0.457 e. The van der Waals surface area contributed by atoms with Crippen molar-refractivity contribution >= 4 is 15.9 Å². The Morgan fingerprint density at radius 3 is 2.31 bits per heavy atom. The van der Waals surface area contributed by atoms with Crippen LogP contribution in [-0.4, -0.2) is 37.5 Å². The van der Waals surface area contributed by atoms with Crippen molar-refractivity contribution in [3.63, 3.8) is 0 Å². The van der Waals surface area contributed by atoms with Crippen LogP contribution in [0.15, 0.2) is 46.9 Å². The summed E-state index contributed by atoms with van der Waals surface area (Å²) in [6.45, 7) is 0.453. The summed E-state index contributed by atoms with van der Waals surface area (Å²) >= 11 is 0. The lowest BCUT2D eigenvalue weighted by Crippen LogP contribution is -2.62. The van der Waals surface area contributed by atoms with Gasteiger partial charge in [-0.25, -0.2) is 12.8 Å². The van der Waals surface area contributed by atoms with Gasteiger partial charge in [0.2, 0.25) is 0 Å². The Balaban J connectivity index is 1.42. The van der Waals surface area contributed by atoms with Crippen LogP contribution in [0.1, 0.15) is 36.8 Å². The smallest absolute Gasteiger partial charge is 0.419 e. The third-order valence-corrected chi connectivity index (χ3v) is 7.80. The molecule has 5 nitrogen and oxygen atoms in total. The van der Waals surface area contributed by atoms with E-state index >= 15 is 0 Å². The molecule has 1 saturated carbocycles. The Kier molecular flexibility index (Phi) is 4.77. The van der Waals surface area contributed by atoms with Gasteiger partial charge >= 0.3 is 6.18 Å². The molecule has 0 unspecified atom stereocenters. The zero-order chi connectivity index (χ0) is 22.7. The van der Waals surface area contributed by atoms with Gasteiger partial charge < -0.3 is 9.64 Å². The molecule has 0 N–H and O–H groups in total. The summed E-state index contributed by atoms with van der Waals surface area (Å²) in [6, 6.07) is 9.70. The summed E-state index contributed by atoms with van der Waals surface area (Å²) in [5.41, 5.74) is -0.913. The molecular formula is C22H20F4N2O3S. The van der Waals surface area contributed by atoms with Crippen molar-refractivity contribution < 1.29 is 30.7 Å². The molecule has 3 aliphatic heterocycles. The molecule has 4 aliphatic rings. The number of nitrogens with zero attached hydrogens (tertiary/aromatic N) is 2. The molecule has 32 heavy (non-hydrogen) atoms. The van der Waals surface area contributed by atoms with Gasteiger partial charge in [0, 0.05) is 18.7 Å². The predicted molar refractivity (Wildman–Crippen MR) is 110 cm³/mol. The average molecular weight is 468 g/mol. The minimum absolute atomic E-state index is 0.0273. The van der Waals surface area contributed by atoms with Gasteiger partial charge in [-0.15, -0.1) is 4.40 Å². The second kappa shape index (κ2) is 7.19. The standard InChI is InChI=1S/C22H20F4N2O3S/c23-19-13-17(5-6-18(19)22(24,25)26)31-16-3-1-14(2-4-16)21-9-7-15(8-10-21)28-11-12-32(29,30)27-20(21)28/h1-6,13,15H,7-12H2. The van der Waals surface area contributed by atoms with Crippen molar-refractivity contribution in [2.24, 2.45) is 4.40 Å². The molecule has 0 amide bonds. The highest BCUT2D eigenvalue weighted by Gasteiger charge is 2.52. The van der Waals surface area contributed by atoms with Crippen LogP contribution in [0.3, 0.4) is 0 Å². The fourth-order valence-corrected chi connectivity index (χ4v) is 6.14. The minimum Gasteiger partial charge on any atom is -0.457 e. The number of amidine groups is 1. The molecule has 2 aromatic carbocycles. The van der Waals surface area contributed by atoms with Crippen LogP contribution in [0.5, 0.6) is 11.5 Å². The quantitative estimate of drug-likeness (QED) is 0.603. The van der Waals surface area contributed by atoms with E-state index < -0.39 is 33.0 Å². The first kappa shape index (κ1) is 21.2. The number of hydrogen-bond donors (Lipinski definition) is 0. The summed E-state index contributed by atoms with van der Waals surface area (Å²) in [7, 11) is -3.48. The van der Waals surface area contributed by atoms with E-state index in [4.69, 9.17) is 4.74 Å². The third kappa shape index (κ3) is 3.54. The first-order valence-electron chi connectivity index (χ1n) is 10.3. The van der Waals surface area contributed by atoms with Crippen LogP contribution in [0.25, 0.3) is 0 Å². The van der Waals surface area contributed by atoms with Crippen LogP contribution in [0.2, 0.25) is 0 Å². The highest BCUT2D eigenvalue weighted by molar-refractivity contribution is 7.90. The molecule has 1 aliphatic carbocycles. The Morgan fingerprint density at radius 1 is 1.03 bits per heavy atom.